The first kappa shape index (κ1) is 106. The zero-order valence-electron chi connectivity index (χ0n) is 83.1. The van der Waals surface area contributed by atoms with Crippen LogP contribution in [-0.4, -0.2) is 235 Å². The van der Waals surface area contributed by atoms with Crippen molar-refractivity contribution in [3.05, 3.63) is 347 Å². The Balaban J connectivity index is 0.000000161. The van der Waals surface area contributed by atoms with Gasteiger partial charge in [-0.25, -0.2) is 0 Å². The molecule has 8 heterocycles. The molecule has 140 heavy (non-hydrogen) atoms. The summed E-state index contributed by atoms with van der Waals surface area (Å²) in [7, 11) is 10.6. The first-order valence-corrected chi connectivity index (χ1v) is 48.0. The van der Waals surface area contributed by atoms with Gasteiger partial charge in [0.1, 0.15) is 73.2 Å². The maximum atomic E-state index is 13.1. The Morgan fingerprint density at radius 1 is 0.300 bits per heavy atom. The number of rotatable bonds is 24. The summed E-state index contributed by atoms with van der Waals surface area (Å²) in [5.74, 6) is 0.184. The SMILES string of the molecule is CC(=O)N1C(CC(C)C)C(=O)N(C)C1c1ccc(C)cc1.CC(=O)N1C(CC(C)C)C(=O)N(C)C1c1ccccc1.CC(=O)N1C(Cc2ccccc2)C(=O)N(C)C1c1ccccc1.CC(=O)N1C(Cc2cccnc2)C(=O)N(C)C1c1ccccc1.CCCC(=O)N1C(Cc2ccccc2)C(=O)N(C)C1c1ccccc1.CN1C(=O)C(Cc2cccnc2)N(C(=O)CCCC(O)O)C1c1ccccc1. The first-order chi connectivity index (χ1) is 67.1. The highest BCUT2D eigenvalue weighted by Gasteiger charge is 2.53. The lowest BCUT2D eigenvalue weighted by Gasteiger charge is -2.30. The van der Waals surface area contributed by atoms with Crippen LogP contribution in [-0.2, 0) is 83.2 Å². The van der Waals surface area contributed by atoms with Crippen molar-refractivity contribution in [2.75, 3.05) is 42.3 Å². The number of aromatic nitrogens is 2. The van der Waals surface area contributed by atoms with Gasteiger partial charge in [0.2, 0.25) is 70.9 Å². The fourth-order valence-electron chi connectivity index (χ4n) is 19.5. The van der Waals surface area contributed by atoms with E-state index < -0.39 is 36.6 Å². The highest BCUT2D eigenvalue weighted by molar-refractivity contribution is 5.95. The van der Waals surface area contributed by atoms with Crippen LogP contribution in [0.2, 0.25) is 0 Å². The van der Waals surface area contributed by atoms with E-state index in [4.69, 9.17) is 10.2 Å². The zero-order valence-corrected chi connectivity index (χ0v) is 83.1. The van der Waals surface area contributed by atoms with Crippen molar-refractivity contribution in [1.29, 1.82) is 0 Å². The number of likely N-dealkylation sites (N-methyl/N-ethyl adjacent to an activating group) is 6. The Morgan fingerprint density at radius 3 is 0.779 bits per heavy atom. The van der Waals surface area contributed by atoms with E-state index in [1.165, 1.54) is 26.3 Å². The molecule has 2 N–H and O–H groups in total. The Kier molecular flexibility index (Phi) is 37.7. The molecule has 10 aromatic rings. The second-order valence-electron chi connectivity index (χ2n) is 37.2. The molecule has 12 amide bonds. The van der Waals surface area contributed by atoms with E-state index in [1.807, 2.05) is 275 Å². The van der Waals surface area contributed by atoms with Gasteiger partial charge >= 0.3 is 0 Å². The number of pyridine rings is 2. The minimum Gasteiger partial charge on any atom is -0.368 e. The van der Waals surface area contributed by atoms with E-state index in [2.05, 4.69) is 37.7 Å². The van der Waals surface area contributed by atoms with E-state index in [0.717, 1.165) is 62.1 Å². The molecule has 2 aromatic heterocycles. The average Bonchev–Trinajstić information content (AvgIpc) is 1.67. The molecule has 0 spiro atoms. The topological polar surface area (TPSA) is 310 Å². The predicted molar refractivity (Wildman–Crippen MR) is 535 cm³/mol. The molecule has 28 heteroatoms. The van der Waals surface area contributed by atoms with Crippen LogP contribution in [0.3, 0.4) is 0 Å². The molecule has 0 bridgehead atoms. The number of benzene rings is 8. The molecule has 28 nitrogen and oxygen atoms in total. The molecular weight excluding hydrogens is 1770 g/mol. The second kappa shape index (κ2) is 49.8. The second-order valence-corrected chi connectivity index (χ2v) is 37.2. The Morgan fingerprint density at radius 2 is 0.529 bits per heavy atom. The van der Waals surface area contributed by atoms with Gasteiger partial charge in [0.05, 0.1) is 0 Å². The number of hydrogen-bond donors (Lipinski definition) is 2. The first-order valence-electron chi connectivity index (χ1n) is 48.0. The number of carbonyl (C=O) groups excluding carboxylic acids is 12. The van der Waals surface area contributed by atoms with E-state index >= 15 is 0 Å². The summed E-state index contributed by atoms with van der Waals surface area (Å²) in [6, 6.07) is 80.8. The lowest BCUT2D eigenvalue weighted by molar-refractivity contribution is -0.137. The maximum Gasteiger partial charge on any atom is 0.247 e. The number of aliphatic hydroxyl groups excluding tert-OH is 1. The molecule has 6 aliphatic heterocycles. The quantitative estimate of drug-likeness (QED) is 0.0531. The average molecular weight is 1900 g/mol. The lowest BCUT2D eigenvalue weighted by atomic mass is 10.0. The summed E-state index contributed by atoms with van der Waals surface area (Å²) in [4.78, 5) is 180. The highest BCUT2D eigenvalue weighted by Crippen LogP contribution is 2.43. The molecule has 6 fully saturated rings. The third-order valence-corrected chi connectivity index (χ3v) is 26.0. The van der Waals surface area contributed by atoms with Crippen LogP contribution in [0, 0.1) is 18.8 Å². The van der Waals surface area contributed by atoms with Gasteiger partial charge in [0.15, 0.2) is 6.29 Å². The monoisotopic (exact) mass is 1900 g/mol. The van der Waals surface area contributed by atoms with Crippen molar-refractivity contribution in [3.8, 4) is 0 Å². The third-order valence-electron chi connectivity index (χ3n) is 26.0. The summed E-state index contributed by atoms with van der Waals surface area (Å²) >= 11 is 0. The number of hydrogen-bond acceptors (Lipinski definition) is 16. The van der Waals surface area contributed by atoms with Crippen LogP contribution in [0.25, 0.3) is 0 Å². The number of carbonyl (C=O) groups is 12. The summed E-state index contributed by atoms with van der Waals surface area (Å²) < 4.78 is 0. The molecule has 6 aliphatic rings. The van der Waals surface area contributed by atoms with Gasteiger partial charge in [-0.2, -0.15) is 0 Å². The van der Waals surface area contributed by atoms with Gasteiger partial charge in [0.25, 0.3) is 0 Å². The van der Waals surface area contributed by atoms with Gasteiger partial charge in [-0.05, 0) is 119 Å². The van der Waals surface area contributed by atoms with Crippen molar-refractivity contribution >= 4 is 70.9 Å². The van der Waals surface area contributed by atoms with Gasteiger partial charge in [0, 0.05) is 133 Å². The minimum atomic E-state index is -1.44. The van der Waals surface area contributed by atoms with Gasteiger partial charge in [-0.3, -0.25) is 67.5 Å². The molecular formula is C112H134N14O14. The molecule has 0 radical (unpaired) electrons. The largest absolute Gasteiger partial charge is 0.368 e. The molecule has 8 aromatic carbocycles. The van der Waals surface area contributed by atoms with E-state index in [0.29, 0.717) is 63.2 Å². The molecule has 12 unspecified atom stereocenters. The number of aliphatic hydroxyl groups is 2. The van der Waals surface area contributed by atoms with Crippen LogP contribution < -0.4 is 0 Å². The Hall–Kier alpha value is -14.4. The van der Waals surface area contributed by atoms with E-state index in [-0.39, 0.29) is 127 Å². The Labute approximate surface area is 823 Å². The van der Waals surface area contributed by atoms with Crippen LogP contribution in [0.15, 0.2) is 286 Å². The fraction of sp³-hybridized carbons (Fsp3) is 0.375. The molecule has 0 aliphatic carbocycles. The van der Waals surface area contributed by atoms with Gasteiger partial charge in [-0.15, -0.1) is 0 Å². The molecule has 16 rings (SSSR count). The number of aryl methyl sites for hydroxylation is 1. The smallest absolute Gasteiger partial charge is 0.247 e. The third kappa shape index (κ3) is 25.8. The van der Waals surface area contributed by atoms with Crippen molar-refractivity contribution < 1.29 is 67.7 Å². The molecule has 6 saturated heterocycles. The lowest BCUT2D eigenvalue weighted by Crippen LogP contribution is -2.41. The van der Waals surface area contributed by atoms with Crippen molar-refractivity contribution in [3.63, 3.8) is 0 Å². The maximum absolute atomic E-state index is 13.1. The van der Waals surface area contributed by atoms with E-state index in [9.17, 15) is 57.5 Å². The normalized spacial score (nSPS) is 20.9. The summed E-state index contributed by atoms with van der Waals surface area (Å²) in [6.07, 6.45) is 8.44. The standard InChI is InChI=1S/C21H25N3O4.C21H24N2O2.C19H20N2O2.C18H19N3O2.C17H24N2O2.C16H22N2O2/c1-23-20(16-8-3-2-4-9-16)24(18(25)10-5-11-19(26)27)17(21(23)28)13-15-7-6-12-22-14-15;1-3-10-19(24)23-18(15-16-11-6-4-7-12-16)21(25)22(2)20(23)17-13-8-5-9-14-17;1-14(22)21-17(13-15-9-5-3-6-10-15)19(23)20(2)18(21)16-11-7-4-8-12-16;1-13(22)21-16(11-14-7-6-10-19-12-14)18(23)20(2)17(21)15-8-4-3-5-9-15;1-11(2)10-15-17(21)18(5)16(19(15)13(4)20)14-8-6-12(3)7-9-14;1-11(2)10-14-16(20)17(4)15(18(14)12(3)19)13-8-6-5-7-9-13/h2-4,6-9,12,14,17,19-20,26-27H,5,10-11,13H2,1H3;4-9,11-14,18,20H,3,10,15H2,1-2H3;3-12,17-18H,13H2,1-2H3;3-10,12,16-17H,11H2,1-2H3;6-9,11,15-16H,10H2,1-5H3;5-9,11,14-15H,10H2,1-4H3. The van der Waals surface area contributed by atoms with Crippen LogP contribution in [0.4, 0.5) is 0 Å². The fourth-order valence-corrected chi connectivity index (χ4v) is 19.5. The predicted octanol–water partition coefficient (Wildman–Crippen LogP) is 14.6. The van der Waals surface area contributed by atoms with Crippen molar-refractivity contribution in [2.24, 2.45) is 11.8 Å². The van der Waals surface area contributed by atoms with Crippen LogP contribution >= 0.6 is 0 Å². The van der Waals surface area contributed by atoms with Crippen LogP contribution in [0.5, 0.6) is 0 Å². The highest BCUT2D eigenvalue weighted by atomic mass is 16.5. The van der Waals surface area contributed by atoms with E-state index in [1.54, 1.807) is 133 Å². The van der Waals surface area contributed by atoms with Gasteiger partial charge in [-0.1, -0.05) is 289 Å². The number of nitrogens with zero attached hydrogens (tertiary/aromatic N) is 14. The number of amides is 12. The summed E-state index contributed by atoms with van der Waals surface area (Å²) in [5, 5.41) is 18.1. The van der Waals surface area contributed by atoms with Crippen molar-refractivity contribution in [1.82, 2.24) is 68.8 Å². The molecule has 736 valence electrons. The molecule has 0 saturated carbocycles. The zero-order chi connectivity index (χ0) is 101. The van der Waals surface area contributed by atoms with Crippen LogP contribution in [0.1, 0.15) is 205 Å². The minimum absolute atomic E-state index is 0.00200. The Bertz CT molecular complexity index is 5660. The summed E-state index contributed by atoms with van der Waals surface area (Å²) in [5.41, 5.74) is 10.8. The molecule has 12 atom stereocenters. The van der Waals surface area contributed by atoms with Crippen molar-refractivity contribution in [2.45, 2.75) is 219 Å². The summed E-state index contributed by atoms with van der Waals surface area (Å²) in [6.45, 7) is 18.4. The van der Waals surface area contributed by atoms with Gasteiger partial charge < -0.3 is 69.0 Å².